The number of piperidine rings is 1. The van der Waals surface area contributed by atoms with Crippen LogP contribution in [0.25, 0.3) is 22.2 Å². The normalized spacial score (nSPS) is 14.3. The maximum Gasteiger partial charge on any atom is 0.119 e. The number of methoxy groups -OCH3 is 2. The van der Waals surface area contributed by atoms with Crippen LogP contribution in [0.1, 0.15) is 89.0 Å². The van der Waals surface area contributed by atoms with E-state index in [0.29, 0.717) is 0 Å². The van der Waals surface area contributed by atoms with Crippen LogP contribution in [-0.4, -0.2) is 43.3 Å². The Kier molecular flexibility index (Phi) is 11.4. The number of likely N-dealkylation sites (tertiary alicyclic amines) is 1. The highest BCUT2D eigenvalue weighted by atomic mass is 16.5. The fraction of sp³-hybridized carbons (Fsp3) is 0.588. The van der Waals surface area contributed by atoms with Crippen LogP contribution in [-0.2, 0) is 6.54 Å². The first-order valence-electron chi connectivity index (χ1n) is 15.2. The van der Waals surface area contributed by atoms with E-state index in [-0.39, 0.29) is 0 Å². The molecule has 1 saturated heterocycles. The predicted octanol–water partition coefficient (Wildman–Crippen LogP) is 9.02. The number of hydrogen-bond acceptors (Lipinski definition) is 3. The third kappa shape index (κ3) is 7.79. The van der Waals surface area contributed by atoms with Crippen LogP contribution < -0.4 is 9.47 Å². The predicted molar refractivity (Wildman–Crippen MR) is 162 cm³/mol. The standard InChI is InChI=1S/C34H50N2O2/c1-28-32-27-31(38-3)21-22-33(32)36(34(28)29-17-19-30(37-2)20-18-29)26-16-11-9-7-5-4-6-8-10-13-23-35-24-14-12-15-25-35/h17-22,27H,4-16,23-26H2,1-3H3. The summed E-state index contributed by atoms with van der Waals surface area (Å²) in [4.78, 5) is 2.68. The molecule has 1 aliphatic heterocycles. The molecule has 0 amide bonds. The molecule has 4 heteroatoms. The van der Waals surface area contributed by atoms with Gasteiger partial charge < -0.3 is 18.9 Å². The van der Waals surface area contributed by atoms with Gasteiger partial charge in [0.05, 0.1) is 19.9 Å². The largest absolute Gasteiger partial charge is 0.497 e. The maximum absolute atomic E-state index is 5.53. The molecule has 0 N–H and O–H groups in total. The van der Waals surface area contributed by atoms with Crippen LogP contribution in [0.15, 0.2) is 42.5 Å². The first kappa shape index (κ1) is 28.5. The Labute approximate surface area is 231 Å². The number of hydrogen-bond donors (Lipinski definition) is 0. The molecule has 3 aromatic rings. The third-order valence-electron chi connectivity index (χ3n) is 8.44. The van der Waals surface area contributed by atoms with Crippen LogP contribution in [0, 0.1) is 6.92 Å². The Morgan fingerprint density at radius 2 is 1.18 bits per heavy atom. The number of ether oxygens (including phenoxy) is 2. The molecule has 0 spiro atoms. The molecule has 1 aliphatic rings. The Balaban J connectivity index is 1.20. The summed E-state index contributed by atoms with van der Waals surface area (Å²) in [5, 5.41) is 1.28. The molecular weight excluding hydrogens is 468 g/mol. The molecule has 2 heterocycles. The summed E-state index contributed by atoms with van der Waals surface area (Å²) in [6.45, 7) is 7.32. The quantitative estimate of drug-likeness (QED) is 0.177. The molecular formula is C34H50N2O2. The molecule has 1 aromatic heterocycles. The van der Waals surface area contributed by atoms with Gasteiger partial charge in [0.1, 0.15) is 11.5 Å². The second kappa shape index (κ2) is 15.2. The zero-order valence-electron chi connectivity index (χ0n) is 24.3. The second-order valence-corrected chi connectivity index (χ2v) is 11.2. The highest BCUT2D eigenvalue weighted by molar-refractivity contribution is 5.92. The van der Waals surface area contributed by atoms with E-state index in [0.717, 1.165) is 18.0 Å². The van der Waals surface area contributed by atoms with Crippen molar-refractivity contribution in [1.29, 1.82) is 0 Å². The van der Waals surface area contributed by atoms with Gasteiger partial charge in [-0.25, -0.2) is 0 Å². The van der Waals surface area contributed by atoms with Crippen molar-refractivity contribution in [1.82, 2.24) is 9.47 Å². The topological polar surface area (TPSA) is 26.6 Å². The van der Waals surface area contributed by atoms with Gasteiger partial charge in [-0.15, -0.1) is 0 Å². The van der Waals surface area contributed by atoms with E-state index in [9.17, 15) is 0 Å². The van der Waals surface area contributed by atoms with Gasteiger partial charge in [-0.3, -0.25) is 0 Å². The first-order valence-corrected chi connectivity index (χ1v) is 15.2. The lowest BCUT2D eigenvalue weighted by molar-refractivity contribution is 0.224. The van der Waals surface area contributed by atoms with Gasteiger partial charge in [-0.05, 0) is 106 Å². The molecule has 0 aliphatic carbocycles. The van der Waals surface area contributed by atoms with E-state index in [2.05, 4.69) is 58.9 Å². The Morgan fingerprint density at radius 1 is 0.632 bits per heavy atom. The van der Waals surface area contributed by atoms with Gasteiger partial charge in [0.25, 0.3) is 0 Å². The van der Waals surface area contributed by atoms with Gasteiger partial charge in [-0.1, -0.05) is 57.8 Å². The number of unbranched alkanes of at least 4 members (excludes halogenated alkanes) is 9. The summed E-state index contributed by atoms with van der Waals surface area (Å²) in [6.07, 6.45) is 18.0. The van der Waals surface area contributed by atoms with Gasteiger partial charge in [-0.2, -0.15) is 0 Å². The Morgan fingerprint density at radius 3 is 1.79 bits per heavy atom. The molecule has 0 atom stereocenters. The maximum atomic E-state index is 5.53. The number of nitrogens with zero attached hydrogens (tertiary/aromatic N) is 2. The lowest BCUT2D eigenvalue weighted by atomic mass is 10.1. The van der Waals surface area contributed by atoms with Crippen molar-refractivity contribution in [3.8, 4) is 22.8 Å². The minimum absolute atomic E-state index is 0.896. The van der Waals surface area contributed by atoms with Crippen molar-refractivity contribution >= 4 is 10.9 Å². The van der Waals surface area contributed by atoms with Crippen LogP contribution in [0.5, 0.6) is 11.5 Å². The molecule has 0 radical (unpaired) electrons. The summed E-state index contributed by atoms with van der Waals surface area (Å²) in [6, 6.07) is 15.0. The van der Waals surface area contributed by atoms with Crippen molar-refractivity contribution < 1.29 is 9.47 Å². The van der Waals surface area contributed by atoms with E-state index >= 15 is 0 Å². The fourth-order valence-corrected chi connectivity index (χ4v) is 6.18. The van der Waals surface area contributed by atoms with Crippen LogP contribution in [0.2, 0.25) is 0 Å². The molecule has 38 heavy (non-hydrogen) atoms. The zero-order chi connectivity index (χ0) is 26.6. The number of fused-ring (bicyclic) bond motifs is 1. The minimum Gasteiger partial charge on any atom is -0.497 e. The van der Waals surface area contributed by atoms with Crippen molar-refractivity contribution in [2.45, 2.75) is 96.9 Å². The van der Waals surface area contributed by atoms with E-state index in [4.69, 9.17) is 9.47 Å². The summed E-state index contributed by atoms with van der Waals surface area (Å²) in [5.74, 6) is 1.81. The van der Waals surface area contributed by atoms with Crippen LogP contribution in [0.4, 0.5) is 0 Å². The Hall–Kier alpha value is -2.46. The number of aryl methyl sites for hydroxylation is 2. The number of rotatable bonds is 16. The van der Waals surface area contributed by atoms with E-state index in [1.54, 1.807) is 14.2 Å². The van der Waals surface area contributed by atoms with Crippen molar-refractivity contribution in [3.63, 3.8) is 0 Å². The molecule has 1 fully saturated rings. The van der Waals surface area contributed by atoms with Crippen molar-refractivity contribution in [3.05, 3.63) is 48.0 Å². The average Bonchev–Trinajstić information content (AvgIpc) is 3.24. The summed E-state index contributed by atoms with van der Waals surface area (Å²) in [5.41, 5.74) is 5.18. The summed E-state index contributed by atoms with van der Waals surface area (Å²) < 4.78 is 13.5. The zero-order valence-corrected chi connectivity index (χ0v) is 24.3. The van der Waals surface area contributed by atoms with Gasteiger partial charge >= 0.3 is 0 Å². The third-order valence-corrected chi connectivity index (χ3v) is 8.44. The molecule has 2 aromatic carbocycles. The van der Waals surface area contributed by atoms with Crippen molar-refractivity contribution in [2.24, 2.45) is 0 Å². The molecule has 4 nitrogen and oxygen atoms in total. The molecule has 0 bridgehead atoms. The fourth-order valence-electron chi connectivity index (χ4n) is 6.18. The molecule has 0 unspecified atom stereocenters. The smallest absolute Gasteiger partial charge is 0.119 e. The minimum atomic E-state index is 0.896. The van der Waals surface area contributed by atoms with Gasteiger partial charge in [0.2, 0.25) is 0 Å². The highest BCUT2D eigenvalue weighted by Crippen LogP contribution is 2.36. The van der Waals surface area contributed by atoms with E-state index in [1.807, 2.05) is 0 Å². The average molecular weight is 519 g/mol. The molecule has 4 rings (SSSR count). The van der Waals surface area contributed by atoms with E-state index < -0.39 is 0 Å². The highest BCUT2D eigenvalue weighted by Gasteiger charge is 2.16. The molecule has 208 valence electrons. The number of benzene rings is 2. The van der Waals surface area contributed by atoms with E-state index in [1.165, 1.54) is 131 Å². The lowest BCUT2D eigenvalue weighted by Gasteiger charge is -2.26. The second-order valence-electron chi connectivity index (χ2n) is 11.2. The lowest BCUT2D eigenvalue weighted by Crippen LogP contribution is -2.30. The summed E-state index contributed by atoms with van der Waals surface area (Å²) >= 11 is 0. The van der Waals surface area contributed by atoms with Gasteiger partial charge in [0, 0.05) is 17.4 Å². The molecule has 0 saturated carbocycles. The van der Waals surface area contributed by atoms with Crippen molar-refractivity contribution in [2.75, 3.05) is 33.9 Å². The first-order chi connectivity index (χ1) is 18.7. The monoisotopic (exact) mass is 518 g/mol. The van der Waals surface area contributed by atoms with Crippen LogP contribution in [0.3, 0.4) is 0 Å². The van der Waals surface area contributed by atoms with Gasteiger partial charge in [0.15, 0.2) is 0 Å². The number of aromatic nitrogens is 1. The Bertz CT molecular complexity index is 1100. The SMILES string of the molecule is COc1ccc(-c2c(C)c3cc(OC)ccc3n2CCCCCCCCCCCCN2CCCCC2)cc1. The summed E-state index contributed by atoms with van der Waals surface area (Å²) in [7, 11) is 3.47. The van der Waals surface area contributed by atoms with Crippen LogP contribution >= 0.6 is 0 Å².